The van der Waals surface area contributed by atoms with E-state index < -0.39 is 0 Å². The number of aromatic amines is 2. The summed E-state index contributed by atoms with van der Waals surface area (Å²) in [5.74, 6) is 1.72. The van der Waals surface area contributed by atoms with Crippen LogP contribution in [0.15, 0.2) is 12.7 Å². The molecule has 0 amide bonds. The molecule has 1 saturated heterocycles. The zero-order valence-corrected chi connectivity index (χ0v) is 10.1. The maximum atomic E-state index is 4.14. The average Bonchev–Trinajstić information content (AvgIpc) is 3.05. The summed E-state index contributed by atoms with van der Waals surface area (Å²) >= 11 is 0. The number of nitrogens with one attached hydrogen (secondary N) is 2. The molecule has 0 atom stereocenters. The van der Waals surface area contributed by atoms with Crippen LogP contribution in [0, 0.1) is 0 Å². The van der Waals surface area contributed by atoms with Crippen molar-refractivity contribution >= 4 is 0 Å². The number of H-pyrrole nitrogens is 2. The Bertz CT molecular complexity index is 398. The van der Waals surface area contributed by atoms with Crippen molar-refractivity contribution in [2.24, 2.45) is 0 Å². The first-order valence-corrected chi connectivity index (χ1v) is 6.04. The normalized spacial score (nSPS) is 18.2. The fraction of sp³-hybridized carbons (Fsp3) is 0.600. The summed E-state index contributed by atoms with van der Waals surface area (Å²) in [7, 11) is 0. The first kappa shape index (κ1) is 11.3. The summed E-state index contributed by atoms with van der Waals surface area (Å²) < 4.78 is 0. The van der Waals surface area contributed by atoms with Crippen molar-refractivity contribution in [2.75, 3.05) is 26.2 Å². The highest BCUT2D eigenvalue weighted by Crippen LogP contribution is 2.07. The highest BCUT2D eigenvalue weighted by Gasteiger charge is 2.18. The summed E-state index contributed by atoms with van der Waals surface area (Å²) in [6, 6.07) is 0. The standard InChI is InChI=1S/C10H16N8/c1-2-18(6-10-12-8-14-16-10)4-3-17(1)5-9-11-7-13-15-9/h7-8H,1-6H2,(H,11,13,15)(H,12,14,16). The molecule has 1 aliphatic heterocycles. The second-order valence-electron chi connectivity index (χ2n) is 4.38. The molecule has 3 heterocycles. The minimum Gasteiger partial charge on any atom is -0.293 e. The lowest BCUT2D eigenvalue weighted by Crippen LogP contribution is -2.45. The molecule has 1 aliphatic rings. The lowest BCUT2D eigenvalue weighted by Gasteiger charge is -2.33. The quantitative estimate of drug-likeness (QED) is 0.739. The van der Waals surface area contributed by atoms with Crippen molar-refractivity contribution in [2.45, 2.75) is 13.1 Å². The summed E-state index contributed by atoms with van der Waals surface area (Å²) in [4.78, 5) is 13.0. The molecule has 0 aliphatic carbocycles. The van der Waals surface area contributed by atoms with Gasteiger partial charge in [-0.1, -0.05) is 0 Å². The molecule has 96 valence electrons. The molecule has 1 fully saturated rings. The Kier molecular flexibility index (Phi) is 3.29. The van der Waals surface area contributed by atoms with E-state index in [0.29, 0.717) is 0 Å². The summed E-state index contributed by atoms with van der Waals surface area (Å²) in [6.07, 6.45) is 3.24. The van der Waals surface area contributed by atoms with Gasteiger partial charge in [-0.3, -0.25) is 20.0 Å². The van der Waals surface area contributed by atoms with Crippen LogP contribution in [-0.4, -0.2) is 66.3 Å². The van der Waals surface area contributed by atoms with Crippen LogP contribution in [0.3, 0.4) is 0 Å². The third-order valence-corrected chi connectivity index (χ3v) is 3.12. The molecule has 0 spiro atoms. The Balaban J connectivity index is 1.46. The van der Waals surface area contributed by atoms with E-state index >= 15 is 0 Å². The third kappa shape index (κ3) is 2.71. The number of aromatic nitrogens is 6. The monoisotopic (exact) mass is 248 g/mol. The van der Waals surface area contributed by atoms with Crippen molar-refractivity contribution in [1.82, 2.24) is 40.2 Å². The Labute approximate surface area is 104 Å². The lowest BCUT2D eigenvalue weighted by atomic mass is 10.3. The first-order valence-electron chi connectivity index (χ1n) is 6.04. The average molecular weight is 248 g/mol. The number of hydrogen-bond acceptors (Lipinski definition) is 6. The van der Waals surface area contributed by atoms with Crippen LogP contribution in [-0.2, 0) is 13.1 Å². The van der Waals surface area contributed by atoms with Gasteiger partial charge in [-0.15, -0.1) is 0 Å². The number of piperazine rings is 1. The van der Waals surface area contributed by atoms with E-state index in [1.54, 1.807) is 12.7 Å². The van der Waals surface area contributed by atoms with Gasteiger partial charge in [-0.05, 0) is 0 Å². The van der Waals surface area contributed by atoms with Crippen LogP contribution in [0.2, 0.25) is 0 Å². The molecule has 0 aromatic carbocycles. The van der Waals surface area contributed by atoms with Crippen LogP contribution in [0.4, 0.5) is 0 Å². The van der Waals surface area contributed by atoms with Crippen LogP contribution in [0.1, 0.15) is 11.6 Å². The molecule has 0 bridgehead atoms. The van der Waals surface area contributed by atoms with E-state index in [-0.39, 0.29) is 0 Å². The molecule has 2 N–H and O–H groups in total. The fourth-order valence-electron chi connectivity index (χ4n) is 2.13. The second-order valence-corrected chi connectivity index (χ2v) is 4.38. The zero-order chi connectivity index (χ0) is 12.2. The molecule has 3 rings (SSSR count). The van der Waals surface area contributed by atoms with Crippen molar-refractivity contribution in [3.63, 3.8) is 0 Å². The highest BCUT2D eigenvalue weighted by molar-refractivity contribution is 4.85. The maximum Gasteiger partial charge on any atom is 0.164 e. The van der Waals surface area contributed by atoms with Crippen molar-refractivity contribution in [3.8, 4) is 0 Å². The second kappa shape index (κ2) is 5.23. The third-order valence-electron chi connectivity index (χ3n) is 3.12. The summed E-state index contributed by atoms with van der Waals surface area (Å²) in [5, 5.41) is 13.6. The molecule has 8 heteroatoms. The van der Waals surface area contributed by atoms with Gasteiger partial charge in [0.15, 0.2) is 11.6 Å². The highest BCUT2D eigenvalue weighted by atomic mass is 15.3. The van der Waals surface area contributed by atoms with Crippen molar-refractivity contribution in [3.05, 3.63) is 24.3 Å². The molecule has 2 aromatic rings. The lowest BCUT2D eigenvalue weighted by molar-refractivity contribution is 0.118. The first-order chi connectivity index (χ1) is 8.90. The predicted molar refractivity (Wildman–Crippen MR) is 63.3 cm³/mol. The smallest absolute Gasteiger partial charge is 0.164 e. The van der Waals surface area contributed by atoms with E-state index in [4.69, 9.17) is 0 Å². The molecule has 8 nitrogen and oxygen atoms in total. The van der Waals surface area contributed by atoms with Gasteiger partial charge in [0.2, 0.25) is 0 Å². The molecular formula is C10H16N8. The van der Waals surface area contributed by atoms with E-state index in [9.17, 15) is 0 Å². The Hall–Kier alpha value is -1.80. The molecule has 2 aromatic heterocycles. The minimum atomic E-state index is 0.817. The van der Waals surface area contributed by atoms with Crippen molar-refractivity contribution < 1.29 is 0 Å². The maximum absolute atomic E-state index is 4.14. The van der Waals surface area contributed by atoms with E-state index in [2.05, 4.69) is 40.2 Å². The molecular weight excluding hydrogens is 232 g/mol. The number of rotatable bonds is 4. The van der Waals surface area contributed by atoms with Crippen LogP contribution in [0.25, 0.3) is 0 Å². The number of hydrogen-bond donors (Lipinski definition) is 2. The summed E-state index contributed by atoms with van der Waals surface area (Å²) in [6.45, 7) is 5.74. The van der Waals surface area contributed by atoms with Gasteiger partial charge in [0.05, 0.1) is 13.1 Å². The van der Waals surface area contributed by atoms with Gasteiger partial charge in [0.1, 0.15) is 12.7 Å². The number of nitrogens with zero attached hydrogens (tertiary/aromatic N) is 6. The molecule has 0 unspecified atom stereocenters. The molecule has 0 radical (unpaired) electrons. The van der Waals surface area contributed by atoms with E-state index in [1.165, 1.54) is 0 Å². The van der Waals surface area contributed by atoms with Gasteiger partial charge in [0, 0.05) is 26.2 Å². The summed E-state index contributed by atoms with van der Waals surface area (Å²) in [5.41, 5.74) is 0. The van der Waals surface area contributed by atoms with Gasteiger partial charge < -0.3 is 0 Å². The Morgan fingerprint density at radius 3 is 1.61 bits per heavy atom. The SMILES string of the molecule is c1nc(CN2CCN(Cc3nc[nH]n3)CC2)n[nH]1. The Morgan fingerprint density at radius 2 is 1.28 bits per heavy atom. The largest absolute Gasteiger partial charge is 0.293 e. The zero-order valence-electron chi connectivity index (χ0n) is 10.1. The van der Waals surface area contributed by atoms with Gasteiger partial charge >= 0.3 is 0 Å². The van der Waals surface area contributed by atoms with Gasteiger partial charge in [-0.2, -0.15) is 10.2 Å². The van der Waals surface area contributed by atoms with Gasteiger partial charge in [-0.25, -0.2) is 9.97 Å². The minimum absolute atomic E-state index is 0.817. The van der Waals surface area contributed by atoms with Gasteiger partial charge in [0.25, 0.3) is 0 Å². The van der Waals surface area contributed by atoms with Crippen molar-refractivity contribution in [1.29, 1.82) is 0 Å². The van der Waals surface area contributed by atoms with Crippen LogP contribution < -0.4 is 0 Å². The Morgan fingerprint density at radius 1 is 0.833 bits per heavy atom. The van der Waals surface area contributed by atoms with E-state index in [0.717, 1.165) is 50.9 Å². The molecule has 18 heavy (non-hydrogen) atoms. The fourth-order valence-corrected chi connectivity index (χ4v) is 2.13. The molecule has 0 saturated carbocycles. The van der Waals surface area contributed by atoms with Crippen LogP contribution >= 0.6 is 0 Å². The van der Waals surface area contributed by atoms with E-state index in [1.807, 2.05) is 0 Å². The predicted octanol–water partition coefficient (Wildman–Crippen LogP) is -0.759. The van der Waals surface area contributed by atoms with Crippen LogP contribution in [0.5, 0.6) is 0 Å². The topological polar surface area (TPSA) is 89.6 Å².